The van der Waals surface area contributed by atoms with Gasteiger partial charge in [0, 0.05) is 38.0 Å². The van der Waals surface area contributed by atoms with Crippen LogP contribution in [0.1, 0.15) is 6.92 Å². The Hall–Kier alpha value is -4.25. The lowest BCUT2D eigenvalue weighted by Gasteiger charge is -2.12. The lowest BCUT2D eigenvalue weighted by molar-refractivity contribution is -0.114. The number of aryl methyl sites for hydroxylation is 1. The van der Waals surface area contributed by atoms with E-state index in [1.165, 1.54) is 25.6 Å². The highest BCUT2D eigenvalue weighted by Gasteiger charge is 2.19. The van der Waals surface area contributed by atoms with Gasteiger partial charge in [-0.25, -0.2) is 14.8 Å². The summed E-state index contributed by atoms with van der Waals surface area (Å²) in [6, 6.07) is 15.9. The summed E-state index contributed by atoms with van der Waals surface area (Å²) in [6.45, 7) is 1.41. The van der Waals surface area contributed by atoms with E-state index in [4.69, 9.17) is 0 Å². The van der Waals surface area contributed by atoms with Gasteiger partial charge in [0.2, 0.25) is 11.8 Å². The lowest BCUT2D eigenvalue weighted by Crippen LogP contribution is -2.37. The van der Waals surface area contributed by atoms with Gasteiger partial charge in [-0.2, -0.15) is 0 Å². The van der Waals surface area contributed by atoms with E-state index in [0.717, 1.165) is 16.3 Å². The zero-order valence-corrected chi connectivity index (χ0v) is 20.0. The predicted molar refractivity (Wildman–Crippen MR) is 136 cm³/mol. The van der Waals surface area contributed by atoms with Gasteiger partial charge >= 0.3 is 5.69 Å². The number of aromatic nitrogens is 4. The number of carbonyl (C=O) groups is 2. The van der Waals surface area contributed by atoms with Crippen molar-refractivity contribution in [2.24, 2.45) is 14.1 Å². The largest absolute Gasteiger partial charge is 0.332 e. The number of fused-ring (bicyclic) bond motifs is 1. The van der Waals surface area contributed by atoms with E-state index < -0.39 is 11.2 Å². The number of rotatable bonds is 6. The minimum Gasteiger partial charge on any atom is -0.326 e. The van der Waals surface area contributed by atoms with Crippen molar-refractivity contribution in [3.8, 4) is 11.4 Å². The molecule has 4 aromatic rings. The molecular formula is C24H22N6O4S. The van der Waals surface area contributed by atoms with E-state index in [1.54, 1.807) is 24.3 Å². The van der Waals surface area contributed by atoms with Crippen molar-refractivity contribution in [1.29, 1.82) is 0 Å². The summed E-state index contributed by atoms with van der Waals surface area (Å²) < 4.78 is 2.29. The molecule has 0 aliphatic rings. The predicted octanol–water partition coefficient (Wildman–Crippen LogP) is 2.38. The van der Waals surface area contributed by atoms with Crippen LogP contribution in [0.4, 0.5) is 11.4 Å². The number of carbonyl (C=O) groups excluding carboxylic acids is 2. The molecule has 0 unspecified atom stereocenters. The fourth-order valence-corrected chi connectivity index (χ4v) is 4.23. The Kier molecular flexibility index (Phi) is 6.78. The maximum Gasteiger partial charge on any atom is 0.332 e. The Balaban J connectivity index is 1.65. The van der Waals surface area contributed by atoms with Crippen LogP contribution in [0.25, 0.3) is 22.4 Å². The number of thioether (sulfide) groups is 1. The van der Waals surface area contributed by atoms with E-state index >= 15 is 0 Å². The molecule has 0 aliphatic heterocycles. The smallest absolute Gasteiger partial charge is 0.326 e. The van der Waals surface area contributed by atoms with Gasteiger partial charge in [0.15, 0.2) is 11.5 Å². The molecule has 178 valence electrons. The molecule has 0 fully saturated rings. The summed E-state index contributed by atoms with van der Waals surface area (Å²) in [4.78, 5) is 58.3. The Morgan fingerprint density at radius 3 is 2.14 bits per heavy atom. The Morgan fingerprint density at radius 2 is 1.51 bits per heavy atom. The molecule has 0 saturated heterocycles. The molecule has 0 saturated carbocycles. The number of amides is 2. The minimum atomic E-state index is -0.529. The zero-order chi connectivity index (χ0) is 25.1. The standard InChI is InChI=1S/C24H22N6O4S/c1-14(31)25-16-9-11-17(12-10-16)26-18(32)13-35-22-19-21(29(2)24(34)30(3)23(19)33)27-20(28-22)15-7-5-4-6-8-15/h4-12H,13H2,1-3H3,(H,25,31)(H,26,32). The second kappa shape index (κ2) is 9.94. The molecule has 35 heavy (non-hydrogen) atoms. The number of hydrogen-bond donors (Lipinski definition) is 2. The van der Waals surface area contributed by atoms with Crippen LogP contribution in [0.3, 0.4) is 0 Å². The third-order valence-electron chi connectivity index (χ3n) is 5.13. The van der Waals surface area contributed by atoms with Gasteiger partial charge in [-0.3, -0.25) is 23.5 Å². The van der Waals surface area contributed by atoms with Crippen molar-refractivity contribution in [3.05, 3.63) is 75.4 Å². The van der Waals surface area contributed by atoms with Gasteiger partial charge in [0.1, 0.15) is 10.4 Å². The molecular weight excluding hydrogens is 468 g/mol. The molecule has 10 nitrogen and oxygen atoms in total. The van der Waals surface area contributed by atoms with Crippen LogP contribution >= 0.6 is 11.8 Å². The molecule has 11 heteroatoms. The van der Waals surface area contributed by atoms with Crippen LogP contribution in [-0.4, -0.2) is 36.7 Å². The van der Waals surface area contributed by atoms with Gasteiger partial charge in [-0.05, 0) is 24.3 Å². The molecule has 2 aromatic carbocycles. The number of benzene rings is 2. The maximum absolute atomic E-state index is 12.9. The summed E-state index contributed by atoms with van der Waals surface area (Å²) in [5.41, 5.74) is 1.06. The molecule has 0 bridgehead atoms. The first kappa shape index (κ1) is 23.9. The fraction of sp³-hybridized carbons (Fsp3) is 0.167. The van der Waals surface area contributed by atoms with E-state index in [2.05, 4.69) is 20.6 Å². The summed E-state index contributed by atoms with van der Waals surface area (Å²) in [7, 11) is 2.93. The van der Waals surface area contributed by atoms with Crippen LogP contribution in [0.5, 0.6) is 0 Å². The lowest BCUT2D eigenvalue weighted by atomic mass is 10.2. The Labute approximate surface area is 204 Å². The average molecular weight is 491 g/mol. The monoisotopic (exact) mass is 490 g/mol. The summed E-state index contributed by atoms with van der Waals surface area (Å²) >= 11 is 1.09. The Morgan fingerprint density at radius 1 is 0.886 bits per heavy atom. The van der Waals surface area contributed by atoms with Crippen molar-refractivity contribution in [1.82, 2.24) is 19.1 Å². The summed E-state index contributed by atoms with van der Waals surface area (Å²) in [6.07, 6.45) is 0. The topological polar surface area (TPSA) is 128 Å². The maximum atomic E-state index is 12.9. The van der Waals surface area contributed by atoms with Gasteiger partial charge < -0.3 is 10.6 Å². The highest BCUT2D eigenvalue weighted by molar-refractivity contribution is 8.00. The molecule has 2 aromatic heterocycles. The number of anilines is 2. The summed E-state index contributed by atoms with van der Waals surface area (Å²) in [5, 5.41) is 5.92. The van der Waals surface area contributed by atoms with Crippen molar-refractivity contribution < 1.29 is 9.59 Å². The van der Waals surface area contributed by atoms with Gasteiger partial charge in [0.25, 0.3) is 5.56 Å². The second-order valence-electron chi connectivity index (χ2n) is 7.72. The van der Waals surface area contributed by atoms with E-state index in [1.807, 2.05) is 30.3 Å². The first-order valence-corrected chi connectivity index (χ1v) is 11.6. The van der Waals surface area contributed by atoms with Crippen LogP contribution in [0.2, 0.25) is 0 Å². The van der Waals surface area contributed by atoms with Crippen molar-refractivity contribution in [3.63, 3.8) is 0 Å². The molecule has 2 amide bonds. The van der Waals surface area contributed by atoms with Crippen molar-refractivity contribution >= 4 is 46.0 Å². The van der Waals surface area contributed by atoms with Gasteiger partial charge in [-0.15, -0.1) is 0 Å². The fourth-order valence-electron chi connectivity index (χ4n) is 3.42. The minimum absolute atomic E-state index is 0.0280. The number of hydrogen-bond acceptors (Lipinski definition) is 7. The normalized spacial score (nSPS) is 10.8. The molecule has 0 radical (unpaired) electrons. The van der Waals surface area contributed by atoms with Crippen molar-refractivity contribution in [2.75, 3.05) is 16.4 Å². The third kappa shape index (κ3) is 5.14. The molecule has 2 heterocycles. The van der Waals surface area contributed by atoms with Crippen molar-refractivity contribution in [2.45, 2.75) is 11.9 Å². The van der Waals surface area contributed by atoms with Crippen LogP contribution in [-0.2, 0) is 23.7 Å². The van der Waals surface area contributed by atoms with Gasteiger partial charge in [0.05, 0.1) is 5.75 Å². The second-order valence-corrected chi connectivity index (χ2v) is 8.68. The van der Waals surface area contributed by atoms with E-state index in [9.17, 15) is 19.2 Å². The Bertz CT molecular complexity index is 1550. The van der Waals surface area contributed by atoms with E-state index in [0.29, 0.717) is 27.8 Å². The van der Waals surface area contributed by atoms with E-state index in [-0.39, 0.29) is 28.6 Å². The highest BCUT2D eigenvalue weighted by atomic mass is 32.2. The quantitative estimate of drug-likeness (QED) is 0.314. The number of nitrogens with one attached hydrogen (secondary N) is 2. The first-order valence-electron chi connectivity index (χ1n) is 10.6. The van der Waals surface area contributed by atoms with Crippen LogP contribution in [0.15, 0.2) is 69.2 Å². The van der Waals surface area contributed by atoms with Crippen LogP contribution in [0, 0.1) is 0 Å². The molecule has 0 atom stereocenters. The molecule has 4 rings (SSSR count). The molecule has 0 spiro atoms. The summed E-state index contributed by atoms with van der Waals surface area (Å²) in [5.74, 6) is -0.177. The van der Waals surface area contributed by atoms with Crippen LogP contribution < -0.4 is 21.9 Å². The molecule has 2 N–H and O–H groups in total. The third-order valence-corrected chi connectivity index (χ3v) is 6.10. The molecule has 0 aliphatic carbocycles. The SMILES string of the molecule is CC(=O)Nc1ccc(NC(=O)CSc2nc(-c3ccccc3)nc3c2c(=O)n(C)c(=O)n3C)cc1. The first-order chi connectivity index (χ1) is 16.7. The number of nitrogens with zero attached hydrogens (tertiary/aromatic N) is 4. The average Bonchev–Trinajstić information content (AvgIpc) is 2.85. The zero-order valence-electron chi connectivity index (χ0n) is 19.2. The highest BCUT2D eigenvalue weighted by Crippen LogP contribution is 2.26. The van der Waals surface area contributed by atoms with Gasteiger partial charge in [-0.1, -0.05) is 42.1 Å².